The van der Waals surface area contributed by atoms with Crippen LogP contribution in [0.3, 0.4) is 0 Å². The molecule has 1 atom stereocenters. The van der Waals surface area contributed by atoms with Crippen molar-refractivity contribution in [1.82, 2.24) is 10.1 Å². The first-order chi connectivity index (χ1) is 24.7. The van der Waals surface area contributed by atoms with Gasteiger partial charge in [0, 0.05) is 13.0 Å². The first-order valence-corrected chi connectivity index (χ1v) is 17.4. The fraction of sp³-hybridized carbons (Fsp3) is 0.243. The van der Waals surface area contributed by atoms with Crippen molar-refractivity contribution in [2.24, 2.45) is 0 Å². The number of hydrogen-bond acceptors (Lipinski definition) is 11. The molecule has 0 N–H and O–H groups in total. The van der Waals surface area contributed by atoms with Gasteiger partial charge in [-0.05, 0) is 63.1 Å². The highest BCUT2D eigenvalue weighted by Gasteiger charge is 2.36. The second-order valence-electron chi connectivity index (χ2n) is 11.4. The average Bonchev–Trinajstić information content (AvgIpc) is 3.54. The summed E-state index contributed by atoms with van der Waals surface area (Å²) in [5, 5.41) is 16.6. The Balaban J connectivity index is 1.09. The number of aromatic nitrogens is 2. The lowest BCUT2D eigenvalue weighted by atomic mass is 9.85. The van der Waals surface area contributed by atoms with E-state index < -0.39 is 32.8 Å². The van der Waals surface area contributed by atoms with Crippen molar-refractivity contribution in [3.63, 3.8) is 0 Å². The van der Waals surface area contributed by atoms with Crippen LogP contribution in [0.25, 0.3) is 10.8 Å². The largest absolute Gasteiger partial charge is 0.493 e. The summed E-state index contributed by atoms with van der Waals surface area (Å²) in [5.41, 5.74) is 2.92. The highest BCUT2D eigenvalue weighted by atomic mass is 32.2. The van der Waals surface area contributed by atoms with E-state index in [1.54, 1.807) is 25.2 Å². The molecule has 1 aliphatic heterocycles. The molecule has 13 nitrogen and oxygen atoms in total. The van der Waals surface area contributed by atoms with E-state index in [2.05, 4.69) is 21.6 Å². The highest BCUT2D eigenvalue weighted by Crippen LogP contribution is 2.43. The molecular formula is C37H33N3O10S. The van der Waals surface area contributed by atoms with Crippen molar-refractivity contribution in [2.45, 2.75) is 35.2 Å². The second kappa shape index (κ2) is 15.2. The predicted molar refractivity (Wildman–Crippen MR) is 182 cm³/mol. The number of fused-ring (bicyclic) bond motifs is 2. The SMILES string of the molecule is COc1cc2c(cc1OC)C(c1cccc3ccccc13)N(C(=O)CCC(=O)OCC#CCOc1no[n+]([O-])c1S(=O)(=O)c1ccccc1)CC2. The van der Waals surface area contributed by atoms with Crippen LogP contribution < -0.4 is 19.1 Å². The average molecular weight is 712 g/mol. The van der Waals surface area contributed by atoms with E-state index >= 15 is 0 Å². The van der Waals surface area contributed by atoms with Crippen molar-refractivity contribution in [3.8, 4) is 29.2 Å². The summed E-state index contributed by atoms with van der Waals surface area (Å²) in [7, 11) is -1.12. The van der Waals surface area contributed by atoms with E-state index in [0.717, 1.165) is 27.5 Å². The highest BCUT2D eigenvalue weighted by molar-refractivity contribution is 7.91. The van der Waals surface area contributed by atoms with Gasteiger partial charge in [-0.3, -0.25) is 14.2 Å². The molecule has 1 amide bonds. The molecule has 0 saturated carbocycles. The standard InChI is InChI=1S/C37H33N3O10S/c1-46-31-23-26-19-20-39(35(30(26)24-32(31)47-2)29-16-10-12-25-11-6-7-15-28(25)29)33(41)17-18-34(42)48-21-8-9-22-49-36-37(40(43)50-38-36)51(44,45)27-13-4-3-5-14-27/h3-7,10-16,23-24,35H,17-22H2,1-2H3. The van der Waals surface area contributed by atoms with Crippen LogP contribution in [0.1, 0.15) is 35.6 Å². The van der Waals surface area contributed by atoms with Crippen LogP contribution in [0.2, 0.25) is 0 Å². The lowest BCUT2D eigenvalue weighted by Gasteiger charge is -2.38. The van der Waals surface area contributed by atoms with E-state index in [0.29, 0.717) is 24.5 Å². The molecule has 0 saturated heterocycles. The van der Waals surface area contributed by atoms with Crippen molar-refractivity contribution < 1.29 is 46.5 Å². The molecule has 4 aromatic carbocycles. The van der Waals surface area contributed by atoms with Crippen LogP contribution in [0, 0.1) is 17.0 Å². The van der Waals surface area contributed by atoms with E-state index in [4.69, 9.17) is 18.9 Å². The normalized spacial score (nSPS) is 13.8. The van der Waals surface area contributed by atoms with Gasteiger partial charge < -0.3 is 29.1 Å². The molecule has 0 radical (unpaired) electrons. The Bertz CT molecular complexity index is 2240. The Kier molecular flexibility index (Phi) is 10.4. The Labute approximate surface area is 293 Å². The number of hydrogen-bond donors (Lipinski definition) is 0. The number of rotatable bonds is 11. The molecule has 0 fully saturated rings. The van der Waals surface area contributed by atoms with Crippen molar-refractivity contribution >= 4 is 32.5 Å². The van der Waals surface area contributed by atoms with Crippen molar-refractivity contribution in [2.75, 3.05) is 34.0 Å². The van der Waals surface area contributed by atoms with E-state index in [9.17, 15) is 23.2 Å². The van der Waals surface area contributed by atoms with E-state index in [-0.39, 0.29) is 41.8 Å². The molecule has 0 spiro atoms. The molecule has 1 aliphatic rings. The molecule has 51 heavy (non-hydrogen) atoms. The lowest BCUT2D eigenvalue weighted by molar-refractivity contribution is -0.832. The molecule has 6 rings (SSSR count). The maximum Gasteiger partial charge on any atom is 0.415 e. The molecule has 5 aromatic rings. The Morgan fingerprint density at radius 3 is 2.41 bits per heavy atom. The van der Waals surface area contributed by atoms with Crippen LogP contribution in [0.4, 0.5) is 0 Å². The fourth-order valence-electron chi connectivity index (χ4n) is 6.03. The minimum Gasteiger partial charge on any atom is -0.493 e. The number of sulfone groups is 1. The Morgan fingerprint density at radius 2 is 1.63 bits per heavy atom. The molecule has 262 valence electrons. The Hall–Kier alpha value is -6.07. The van der Waals surface area contributed by atoms with Crippen LogP contribution in [0.15, 0.2) is 99.5 Å². The van der Waals surface area contributed by atoms with E-state index in [1.165, 1.54) is 24.3 Å². The van der Waals surface area contributed by atoms with Gasteiger partial charge in [-0.1, -0.05) is 72.5 Å². The molecular weight excluding hydrogens is 678 g/mol. The van der Waals surface area contributed by atoms with E-state index in [1.807, 2.05) is 54.6 Å². The zero-order chi connectivity index (χ0) is 36.0. The molecule has 1 aromatic heterocycles. The van der Waals surface area contributed by atoms with Gasteiger partial charge in [0.05, 0.1) is 36.7 Å². The summed E-state index contributed by atoms with van der Waals surface area (Å²) < 4.78 is 51.8. The van der Waals surface area contributed by atoms with Crippen LogP contribution in [-0.2, 0) is 30.6 Å². The zero-order valence-corrected chi connectivity index (χ0v) is 28.6. The minimum absolute atomic E-state index is 0.0840. The monoisotopic (exact) mass is 711 g/mol. The maximum absolute atomic E-state index is 13.8. The third kappa shape index (κ3) is 7.29. The third-order valence-corrected chi connectivity index (χ3v) is 10.1. The lowest BCUT2D eigenvalue weighted by Crippen LogP contribution is -2.41. The smallest absolute Gasteiger partial charge is 0.415 e. The fourth-order valence-corrected chi connectivity index (χ4v) is 7.32. The predicted octanol–water partition coefficient (Wildman–Crippen LogP) is 4.19. The van der Waals surface area contributed by atoms with Crippen molar-refractivity contribution in [3.05, 3.63) is 107 Å². The summed E-state index contributed by atoms with van der Waals surface area (Å²) in [4.78, 5) is 27.8. The summed E-state index contributed by atoms with van der Waals surface area (Å²) in [5.74, 6) is 4.92. The molecule has 2 heterocycles. The molecule has 0 bridgehead atoms. The number of esters is 1. The van der Waals surface area contributed by atoms with Crippen molar-refractivity contribution in [1.29, 1.82) is 0 Å². The number of amides is 1. The van der Waals surface area contributed by atoms with Gasteiger partial charge >= 0.3 is 16.9 Å². The number of carbonyl (C=O) groups is 2. The first kappa shape index (κ1) is 34.8. The van der Waals surface area contributed by atoms with Gasteiger partial charge in [0.1, 0.15) is 0 Å². The summed E-state index contributed by atoms with van der Waals surface area (Å²) in [6.45, 7) is -0.242. The first-order valence-electron chi connectivity index (χ1n) is 15.9. The second-order valence-corrected chi connectivity index (χ2v) is 13.2. The molecule has 1 unspecified atom stereocenters. The van der Waals surface area contributed by atoms with Gasteiger partial charge in [-0.15, -0.1) is 0 Å². The van der Waals surface area contributed by atoms with Crippen LogP contribution >= 0.6 is 0 Å². The molecule has 14 heteroatoms. The zero-order valence-electron chi connectivity index (χ0n) is 27.7. The summed E-state index contributed by atoms with van der Waals surface area (Å²) in [6, 6.07) is 24.7. The van der Waals surface area contributed by atoms with Gasteiger partial charge in [0.25, 0.3) is 9.84 Å². The number of benzene rings is 4. The topological polar surface area (TPSA) is 161 Å². The number of ether oxygens (including phenoxy) is 4. The minimum atomic E-state index is -4.28. The number of methoxy groups -OCH3 is 2. The van der Waals surface area contributed by atoms with Gasteiger partial charge in [-0.25, -0.2) is 8.42 Å². The Morgan fingerprint density at radius 1 is 0.922 bits per heavy atom. The molecule has 0 aliphatic carbocycles. The summed E-state index contributed by atoms with van der Waals surface area (Å²) >= 11 is 0. The van der Waals surface area contributed by atoms with Crippen LogP contribution in [-0.4, -0.2) is 64.3 Å². The quantitative estimate of drug-likeness (QED) is 0.110. The third-order valence-electron chi connectivity index (χ3n) is 8.42. The number of carbonyl (C=O) groups excluding carboxylic acids is 2. The van der Waals surface area contributed by atoms with Gasteiger partial charge in [0.15, 0.2) is 24.7 Å². The maximum atomic E-state index is 13.8. The summed E-state index contributed by atoms with van der Waals surface area (Å²) in [6.07, 6.45) is 0.338. The van der Waals surface area contributed by atoms with Crippen LogP contribution in [0.5, 0.6) is 17.4 Å². The number of nitrogens with zero attached hydrogens (tertiary/aromatic N) is 3. The van der Waals surface area contributed by atoms with Gasteiger partial charge in [-0.2, -0.15) is 0 Å². The van der Waals surface area contributed by atoms with Gasteiger partial charge in [0.2, 0.25) is 5.91 Å².